The Bertz CT molecular complexity index is 644. The van der Waals surface area contributed by atoms with Crippen LogP contribution in [0.2, 0.25) is 5.02 Å². The zero-order valence-electron chi connectivity index (χ0n) is 12.1. The second-order valence-electron chi connectivity index (χ2n) is 4.60. The van der Waals surface area contributed by atoms with E-state index in [1.54, 1.807) is 6.07 Å². The summed E-state index contributed by atoms with van der Waals surface area (Å²) in [6.07, 6.45) is 1.48. The monoisotopic (exact) mass is 324 g/mol. The molecule has 0 spiro atoms. The first-order valence-corrected chi connectivity index (χ1v) is 7.89. The largest absolute Gasteiger partial charge is 0.370 e. The minimum atomic E-state index is -0.234. The number of carbonyl (C=O) groups excluding carboxylic acids is 1. The molecule has 0 bridgehead atoms. The van der Waals surface area contributed by atoms with Crippen molar-refractivity contribution in [1.82, 2.24) is 15.3 Å². The van der Waals surface area contributed by atoms with Crippen LogP contribution in [0.4, 0.5) is 5.82 Å². The van der Waals surface area contributed by atoms with Gasteiger partial charge in [0, 0.05) is 23.8 Å². The summed E-state index contributed by atoms with van der Waals surface area (Å²) in [5, 5.41) is 9.13. The Kier molecular flexibility index (Phi) is 5.14. The Labute approximate surface area is 132 Å². The lowest BCUT2D eigenvalue weighted by molar-refractivity contribution is 0.0940. The lowest BCUT2D eigenvalue weighted by Crippen LogP contribution is -2.27. The van der Waals surface area contributed by atoms with E-state index in [0.717, 1.165) is 17.2 Å². The normalized spacial score (nSPS) is 12.0. The van der Waals surface area contributed by atoms with Gasteiger partial charge in [-0.2, -0.15) is 0 Å². The molecule has 2 N–H and O–H groups in total. The van der Waals surface area contributed by atoms with Crippen molar-refractivity contribution in [3.8, 4) is 0 Å². The zero-order valence-corrected chi connectivity index (χ0v) is 13.7. The van der Waals surface area contributed by atoms with Crippen LogP contribution in [-0.4, -0.2) is 22.4 Å². The molecule has 2 rings (SSSR count). The molecule has 2 heterocycles. The van der Waals surface area contributed by atoms with Gasteiger partial charge in [0.05, 0.1) is 16.6 Å². The number of nitrogens with one attached hydrogen (secondary N) is 2. The molecule has 0 radical (unpaired) electrons. The van der Waals surface area contributed by atoms with Gasteiger partial charge in [-0.05, 0) is 26.8 Å². The van der Waals surface area contributed by atoms with Crippen LogP contribution < -0.4 is 10.6 Å². The number of halogens is 1. The van der Waals surface area contributed by atoms with E-state index in [4.69, 9.17) is 11.6 Å². The number of thiazole rings is 1. The Morgan fingerprint density at radius 3 is 2.90 bits per heavy atom. The molecule has 1 unspecified atom stereocenters. The number of carbonyl (C=O) groups is 1. The number of anilines is 1. The van der Waals surface area contributed by atoms with Gasteiger partial charge in [-0.15, -0.1) is 11.3 Å². The van der Waals surface area contributed by atoms with Gasteiger partial charge < -0.3 is 10.6 Å². The van der Waals surface area contributed by atoms with Crippen molar-refractivity contribution in [3.63, 3.8) is 0 Å². The molecule has 112 valence electrons. The van der Waals surface area contributed by atoms with E-state index >= 15 is 0 Å². The number of amides is 1. The van der Waals surface area contributed by atoms with Crippen molar-refractivity contribution in [1.29, 1.82) is 0 Å². The molecule has 2 aromatic heterocycles. The highest BCUT2D eigenvalue weighted by atomic mass is 35.5. The van der Waals surface area contributed by atoms with Crippen molar-refractivity contribution in [3.05, 3.63) is 38.9 Å². The smallest absolute Gasteiger partial charge is 0.253 e. The molecule has 2 aromatic rings. The maximum atomic E-state index is 12.3. The van der Waals surface area contributed by atoms with Gasteiger partial charge in [0.1, 0.15) is 10.8 Å². The van der Waals surface area contributed by atoms with Crippen molar-refractivity contribution >= 4 is 34.7 Å². The van der Waals surface area contributed by atoms with Crippen LogP contribution in [-0.2, 0) is 0 Å². The molecule has 21 heavy (non-hydrogen) atoms. The molecular formula is C14H17ClN4OS. The molecule has 7 heteroatoms. The summed E-state index contributed by atoms with van der Waals surface area (Å²) in [6, 6.07) is 1.49. The van der Waals surface area contributed by atoms with Crippen molar-refractivity contribution in [2.75, 3.05) is 11.9 Å². The van der Waals surface area contributed by atoms with Gasteiger partial charge in [-0.25, -0.2) is 9.97 Å². The van der Waals surface area contributed by atoms with Crippen molar-refractivity contribution < 1.29 is 4.79 Å². The second kappa shape index (κ2) is 6.87. The number of hydrogen-bond acceptors (Lipinski definition) is 5. The maximum Gasteiger partial charge on any atom is 0.253 e. The summed E-state index contributed by atoms with van der Waals surface area (Å²) in [4.78, 5) is 20.8. The molecule has 0 fully saturated rings. The molecule has 0 aliphatic rings. The third-order valence-electron chi connectivity index (χ3n) is 2.81. The Hall–Kier alpha value is -1.66. The molecule has 0 saturated carbocycles. The van der Waals surface area contributed by atoms with Crippen LogP contribution in [0, 0.1) is 6.92 Å². The van der Waals surface area contributed by atoms with E-state index < -0.39 is 0 Å². The zero-order chi connectivity index (χ0) is 15.4. The minimum Gasteiger partial charge on any atom is -0.370 e. The van der Waals surface area contributed by atoms with Gasteiger partial charge in [-0.1, -0.05) is 11.6 Å². The molecule has 0 saturated heterocycles. The number of hydrogen-bond donors (Lipinski definition) is 2. The highest BCUT2D eigenvalue weighted by Crippen LogP contribution is 2.21. The summed E-state index contributed by atoms with van der Waals surface area (Å²) in [7, 11) is 0. The highest BCUT2D eigenvalue weighted by Gasteiger charge is 2.17. The second-order valence-corrected chi connectivity index (χ2v) is 5.90. The molecule has 0 aromatic carbocycles. The Morgan fingerprint density at radius 1 is 1.52 bits per heavy atom. The van der Waals surface area contributed by atoms with E-state index in [-0.39, 0.29) is 11.9 Å². The van der Waals surface area contributed by atoms with Crippen molar-refractivity contribution in [2.24, 2.45) is 0 Å². The molecule has 1 atom stereocenters. The summed E-state index contributed by atoms with van der Waals surface area (Å²) < 4.78 is 0. The van der Waals surface area contributed by atoms with Crippen LogP contribution in [0.25, 0.3) is 0 Å². The topological polar surface area (TPSA) is 66.9 Å². The number of aromatic nitrogens is 2. The number of rotatable bonds is 5. The van der Waals surface area contributed by atoms with E-state index in [1.165, 1.54) is 17.5 Å². The van der Waals surface area contributed by atoms with E-state index in [2.05, 4.69) is 20.6 Å². The third-order valence-corrected chi connectivity index (χ3v) is 4.26. The number of pyridine rings is 1. The predicted octanol–water partition coefficient (Wildman–Crippen LogP) is 3.42. The summed E-state index contributed by atoms with van der Waals surface area (Å²) in [5.41, 5.74) is 1.36. The lowest BCUT2D eigenvalue weighted by Gasteiger charge is -2.13. The van der Waals surface area contributed by atoms with Crippen LogP contribution in [0.1, 0.15) is 40.9 Å². The van der Waals surface area contributed by atoms with Crippen molar-refractivity contribution in [2.45, 2.75) is 26.8 Å². The molecule has 0 aliphatic heterocycles. The SMILES string of the molecule is CCNc1cc(C(=O)NC(C)c2nc(C)cs2)c(Cl)cn1. The molecule has 0 aliphatic carbocycles. The van der Waals surface area contributed by atoms with Gasteiger partial charge in [0.25, 0.3) is 5.91 Å². The predicted molar refractivity (Wildman–Crippen MR) is 86.1 cm³/mol. The maximum absolute atomic E-state index is 12.3. The molecule has 5 nitrogen and oxygen atoms in total. The Morgan fingerprint density at radius 2 is 2.29 bits per heavy atom. The summed E-state index contributed by atoms with van der Waals surface area (Å²) >= 11 is 7.59. The fourth-order valence-electron chi connectivity index (χ4n) is 1.80. The Balaban J connectivity index is 2.14. The quantitative estimate of drug-likeness (QED) is 0.884. The van der Waals surface area contributed by atoms with Crippen LogP contribution in [0.5, 0.6) is 0 Å². The van der Waals surface area contributed by atoms with E-state index in [1.807, 2.05) is 26.2 Å². The standard InChI is InChI=1S/C14H17ClN4OS/c1-4-16-12-5-10(11(15)6-17-12)13(20)19-9(3)14-18-8(2)7-21-14/h5-7,9H,4H2,1-3H3,(H,16,17)(H,19,20). The summed E-state index contributed by atoms with van der Waals surface area (Å²) in [6.45, 7) is 6.51. The van der Waals surface area contributed by atoms with Crippen LogP contribution in [0.3, 0.4) is 0 Å². The van der Waals surface area contributed by atoms with Gasteiger partial charge >= 0.3 is 0 Å². The summed E-state index contributed by atoms with van der Waals surface area (Å²) in [5.74, 6) is 0.395. The number of nitrogens with zero attached hydrogens (tertiary/aromatic N) is 2. The first-order chi connectivity index (χ1) is 10.0. The third kappa shape index (κ3) is 3.92. The van der Waals surface area contributed by atoms with Crippen LogP contribution >= 0.6 is 22.9 Å². The lowest BCUT2D eigenvalue weighted by atomic mass is 10.2. The van der Waals surface area contributed by atoms with Gasteiger partial charge in [-0.3, -0.25) is 4.79 Å². The highest BCUT2D eigenvalue weighted by molar-refractivity contribution is 7.09. The number of aryl methyl sites for hydroxylation is 1. The van der Waals surface area contributed by atoms with E-state index in [9.17, 15) is 4.79 Å². The molecular weight excluding hydrogens is 308 g/mol. The van der Waals surface area contributed by atoms with E-state index in [0.29, 0.717) is 16.4 Å². The van der Waals surface area contributed by atoms with Gasteiger partial charge in [0.2, 0.25) is 0 Å². The fourth-order valence-corrected chi connectivity index (χ4v) is 2.79. The minimum absolute atomic E-state index is 0.164. The van der Waals surface area contributed by atoms with Crippen LogP contribution in [0.15, 0.2) is 17.6 Å². The van der Waals surface area contributed by atoms with Gasteiger partial charge in [0.15, 0.2) is 0 Å². The fraction of sp³-hybridized carbons (Fsp3) is 0.357. The first kappa shape index (κ1) is 15.7. The average molecular weight is 325 g/mol. The first-order valence-electron chi connectivity index (χ1n) is 6.63. The average Bonchev–Trinajstić information content (AvgIpc) is 2.88. The molecule has 1 amide bonds.